The lowest BCUT2D eigenvalue weighted by atomic mass is 9.97. The minimum Gasteiger partial charge on any atom is -0.434 e. The predicted molar refractivity (Wildman–Crippen MR) is 100 cm³/mol. The van der Waals surface area contributed by atoms with Gasteiger partial charge in [-0.25, -0.2) is 0 Å². The second-order valence-corrected chi connectivity index (χ2v) is 7.52. The summed E-state index contributed by atoms with van der Waals surface area (Å²) in [5, 5.41) is 2.99. The third-order valence-electron chi connectivity index (χ3n) is 5.55. The van der Waals surface area contributed by atoms with E-state index < -0.39 is 18.6 Å². The second kappa shape index (κ2) is 9.32. The van der Waals surface area contributed by atoms with Gasteiger partial charge in [-0.3, -0.25) is 9.59 Å². The number of alkyl halides is 2. The quantitative estimate of drug-likeness (QED) is 0.803. The molecule has 1 unspecified atom stereocenters. The van der Waals surface area contributed by atoms with Gasteiger partial charge in [0.1, 0.15) is 11.8 Å². The fourth-order valence-corrected chi connectivity index (χ4v) is 3.91. The van der Waals surface area contributed by atoms with E-state index in [0.717, 1.165) is 25.9 Å². The number of halogens is 2. The van der Waals surface area contributed by atoms with E-state index in [0.29, 0.717) is 31.8 Å². The number of nitrogens with one attached hydrogen (secondary N) is 1. The molecule has 2 aliphatic rings. The van der Waals surface area contributed by atoms with Gasteiger partial charge in [-0.15, -0.1) is 0 Å². The van der Waals surface area contributed by atoms with Gasteiger partial charge in [0.05, 0.1) is 5.56 Å². The Kier molecular flexibility index (Phi) is 6.83. The zero-order valence-corrected chi connectivity index (χ0v) is 16.1. The topological polar surface area (TPSA) is 61.9 Å². The standard InChI is InChI=1S/C20H27F2N3O3/c1-24-11-8-14(9-12-24)13-23-18(26)16-6-4-10-25(16)19(27)15-5-2-3-7-17(15)28-20(21)22/h2-3,5,7,14,16,20H,4,6,8-13H2,1H3,(H,23,26). The minimum atomic E-state index is -3.01. The molecule has 0 aliphatic carbocycles. The molecule has 154 valence electrons. The molecule has 1 aromatic carbocycles. The first kappa shape index (κ1) is 20.5. The van der Waals surface area contributed by atoms with Crippen molar-refractivity contribution in [2.75, 3.05) is 33.2 Å². The summed E-state index contributed by atoms with van der Waals surface area (Å²) >= 11 is 0. The van der Waals surface area contributed by atoms with E-state index in [1.807, 2.05) is 0 Å². The van der Waals surface area contributed by atoms with Crippen LogP contribution in [0, 0.1) is 5.92 Å². The van der Waals surface area contributed by atoms with Crippen molar-refractivity contribution in [3.8, 4) is 5.75 Å². The summed E-state index contributed by atoms with van der Waals surface area (Å²) in [6.07, 6.45) is 3.36. The van der Waals surface area contributed by atoms with Crippen molar-refractivity contribution >= 4 is 11.8 Å². The van der Waals surface area contributed by atoms with Crippen molar-refractivity contribution in [3.63, 3.8) is 0 Å². The van der Waals surface area contributed by atoms with Crippen LogP contribution in [0.3, 0.4) is 0 Å². The van der Waals surface area contributed by atoms with Crippen molar-refractivity contribution in [2.24, 2.45) is 5.92 Å². The molecule has 1 N–H and O–H groups in total. The van der Waals surface area contributed by atoms with E-state index >= 15 is 0 Å². The highest BCUT2D eigenvalue weighted by molar-refractivity contribution is 6.00. The van der Waals surface area contributed by atoms with Crippen LogP contribution in [0.25, 0.3) is 0 Å². The predicted octanol–water partition coefficient (Wildman–Crippen LogP) is 2.35. The number of benzene rings is 1. The minimum absolute atomic E-state index is 0.0535. The van der Waals surface area contributed by atoms with Crippen molar-refractivity contribution in [3.05, 3.63) is 29.8 Å². The summed E-state index contributed by atoms with van der Waals surface area (Å²) in [4.78, 5) is 29.4. The second-order valence-electron chi connectivity index (χ2n) is 7.52. The maximum Gasteiger partial charge on any atom is 0.387 e. The summed E-state index contributed by atoms with van der Waals surface area (Å²) in [6, 6.07) is 5.34. The molecule has 1 aromatic rings. The number of para-hydroxylation sites is 1. The van der Waals surface area contributed by atoms with Gasteiger partial charge in [0.2, 0.25) is 5.91 Å². The Bertz CT molecular complexity index is 693. The highest BCUT2D eigenvalue weighted by atomic mass is 19.3. The number of carbonyl (C=O) groups is 2. The van der Waals surface area contributed by atoms with Crippen LogP contribution < -0.4 is 10.1 Å². The molecule has 2 saturated heterocycles. The number of carbonyl (C=O) groups excluding carboxylic acids is 2. The van der Waals surface area contributed by atoms with Crippen LogP contribution in [-0.4, -0.2) is 67.5 Å². The summed E-state index contributed by atoms with van der Waals surface area (Å²) < 4.78 is 29.7. The van der Waals surface area contributed by atoms with Crippen LogP contribution in [0.5, 0.6) is 5.75 Å². The number of rotatable bonds is 6. The molecule has 1 atom stereocenters. The Balaban J connectivity index is 1.62. The molecule has 2 aliphatic heterocycles. The van der Waals surface area contributed by atoms with Crippen molar-refractivity contribution < 1.29 is 23.1 Å². The molecule has 0 spiro atoms. The SMILES string of the molecule is CN1CCC(CNC(=O)C2CCCN2C(=O)c2ccccc2OC(F)F)CC1. The van der Waals surface area contributed by atoms with Gasteiger partial charge in [-0.2, -0.15) is 8.78 Å². The van der Waals surface area contributed by atoms with Crippen LogP contribution in [0.4, 0.5) is 8.78 Å². The van der Waals surface area contributed by atoms with E-state index in [4.69, 9.17) is 0 Å². The number of amides is 2. The molecule has 0 aromatic heterocycles. The highest BCUT2D eigenvalue weighted by Crippen LogP contribution is 2.26. The van der Waals surface area contributed by atoms with Crippen molar-refractivity contribution in [2.45, 2.75) is 38.3 Å². The number of ether oxygens (including phenoxy) is 1. The van der Waals surface area contributed by atoms with E-state index in [-0.39, 0.29) is 17.2 Å². The Morgan fingerprint density at radius 2 is 1.89 bits per heavy atom. The summed E-state index contributed by atoms with van der Waals surface area (Å²) in [5.41, 5.74) is 0.0535. The van der Waals surface area contributed by atoms with Gasteiger partial charge in [-0.05, 0) is 63.9 Å². The van der Waals surface area contributed by atoms with E-state index in [1.54, 1.807) is 6.07 Å². The lowest BCUT2D eigenvalue weighted by Crippen LogP contribution is -2.47. The normalized spacial score (nSPS) is 21.1. The Hall–Kier alpha value is -2.22. The summed E-state index contributed by atoms with van der Waals surface area (Å²) in [5.74, 6) is -0.337. The number of hydrogen-bond acceptors (Lipinski definition) is 4. The molecule has 0 radical (unpaired) electrons. The van der Waals surface area contributed by atoms with Gasteiger partial charge in [0.25, 0.3) is 5.91 Å². The zero-order valence-electron chi connectivity index (χ0n) is 16.1. The number of piperidine rings is 1. The number of nitrogens with zero attached hydrogens (tertiary/aromatic N) is 2. The van der Waals surface area contributed by atoms with Gasteiger partial charge in [0, 0.05) is 13.1 Å². The molecule has 3 rings (SSSR count). The molecule has 2 heterocycles. The molecule has 28 heavy (non-hydrogen) atoms. The fourth-order valence-electron chi connectivity index (χ4n) is 3.91. The average molecular weight is 395 g/mol. The molecular weight excluding hydrogens is 368 g/mol. The zero-order chi connectivity index (χ0) is 20.1. The first-order chi connectivity index (χ1) is 13.5. The fraction of sp³-hybridized carbons (Fsp3) is 0.600. The smallest absolute Gasteiger partial charge is 0.387 e. The first-order valence-corrected chi connectivity index (χ1v) is 9.76. The molecule has 0 saturated carbocycles. The molecule has 2 amide bonds. The van der Waals surface area contributed by atoms with E-state index in [1.165, 1.54) is 23.1 Å². The third kappa shape index (κ3) is 4.98. The van der Waals surface area contributed by atoms with Gasteiger partial charge in [0.15, 0.2) is 0 Å². The molecule has 6 nitrogen and oxygen atoms in total. The maximum absolute atomic E-state index is 12.9. The molecule has 0 bridgehead atoms. The number of hydrogen-bond donors (Lipinski definition) is 1. The first-order valence-electron chi connectivity index (χ1n) is 9.76. The lowest BCUT2D eigenvalue weighted by Gasteiger charge is -2.30. The van der Waals surface area contributed by atoms with Crippen LogP contribution in [0.2, 0.25) is 0 Å². The number of likely N-dealkylation sites (tertiary alicyclic amines) is 2. The lowest BCUT2D eigenvalue weighted by molar-refractivity contribution is -0.125. The summed E-state index contributed by atoms with van der Waals surface area (Å²) in [6.45, 7) is 0.0660. The summed E-state index contributed by atoms with van der Waals surface area (Å²) in [7, 11) is 2.09. The van der Waals surface area contributed by atoms with Gasteiger partial charge in [-0.1, -0.05) is 12.1 Å². The van der Waals surface area contributed by atoms with E-state index in [2.05, 4.69) is 22.0 Å². The monoisotopic (exact) mass is 395 g/mol. The Labute approximate surface area is 163 Å². The molecule has 2 fully saturated rings. The van der Waals surface area contributed by atoms with Crippen molar-refractivity contribution in [1.82, 2.24) is 15.1 Å². The van der Waals surface area contributed by atoms with Crippen LogP contribution >= 0.6 is 0 Å². The molecule has 8 heteroatoms. The van der Waals surface area contributed by atoms with Crippen molar-refractivity contribution in [1.29, 1.82) is 0 Å². The van der Waals surface area contributed by atoms with E-state index in [9.17, 15) is 18.4 Å². The molecular formula is C20H27F2N3O3. The Morgan fingerprint density at radius 3 is 2.61 bits per heavy atom. The third-order valence-corrected chi connectivity index (χ3v) is 5.55. The van der Waals surface area contributed by atoms with Gasteiger partial charge >= 0.3 is 6.61 Å². The van der Waals surface area contributed by atoms with Gasteiger partial charge < -0.3 is 19.9 Å². The highest BCUT2D eigenvalue weighted by Gasteiger charge is 2.35. The largest absolute Gasteiger partial charge is 0.434 e. The van der Waals surface area contributed by atoms with Crippen LogP contribution in [0.1, 0.15) is 36.0 Å². The average Bonchev–Trinajstić information content (AvgIpc) is 3.17. The Morgan fingerprint density at radius 1 is 1.18 bits per heavy atom. The van der Waals surface area contributed by atoms with Crippen LogP contribution in [-0.2, 0) is 4.79 Å². The van der Waals surface area contributed by atoms with Crippen LogP contribution in [0.15, 0.2) is 24.3 Å². The maximum atomic E-state index is 12.9.